The molecule has 0 aliphatic carbocycles. The number of benzene rings is 3. The first-order chi connectivity index (χ1) is 18.6. The molecule has 3 aromatic carbocycles. The van der Waals surface area contributed by atoms with Gasteiger partial charge in [-0.05, 0) is 42.3 Å². The summed E-state index contributed by atoms with van der Waals surface area (Å²) < 4.78 is 17.0. The fourth-order valence-electron chi connectivity index (χ4n) is 5.02. The fraction of sp³-hybridized carbons (Fsp3) is 0.138. The molecule has 0 radical (unpaired) electrons. The number of fused-ring (bicyclic) bond motifs is 3. The van der Waals surface area contributed by atoms with Gasteiger partial charge in [-0.25, -0.2) is 4.98 Å². The van der Waals surface area contributed by atoms with E-state index in [1.54, 1.807) is 15.3 Å². The molecule has 0 fully saturated rings. The number of pyridine rings is 1. The van der Waals surface area contributed by atoms with Crippen molar-refractivity contribution in [1.29, 1.82) is 0 Å². The minimum absolute atomic E-state index is 0.184. The van der Waals surface area contributed by atoms with Gasteiger partial charge >= 0.3 is 0 Å². The van der Waals surface area contributed by atoms with Gasteiger partial charge in [0.1, 0.15) is 0 Å². The zero-order valence-electron chi connectivity index (χ0n) is 20.5. The van der Waals surface area contributed by atoms with E-state index in [0.29, 0.717) is 46.3 Å². The van der Waals surface area contributed by atoms with Crippen LogP contribution >= 0.6 is 11.3 Å². The predicted molar refractivity (Wildman–Crippen MR) is 147 cm³/mol. The predicted octanol–water partition coefficient (Wildman–Crippen LogP) is 4.70. The van der Waals surface area contributed by atoms with Gasteiger partial charge in [-0.15, -0.1) is 0 Å². The average Bonchev–Trinajstić information content (AvgIpc) is 3.63. The third kappa shape index (κ3) is 3.62. The first-order valence-electron chi connectivity index (χ1n) is 12.2. The highest BCUT2D eigenvalue weighted by molar-refractivity contribution is 7.20. The van der Waals surface area contributed by atoms with E-state index in [0.717, 1.165) is 21.3 Å². The molecule has 4 heterocycles. The SMILES string of the molecule is Cc1c2c(=O)n(-c3nc4ccccc4s3)n(Cc3ccccc3)c2cc(=O)n1Cc1ccc2c(c1)OCO2. The molecule has 0 N–H and O–H groups in total. The largest absolute Gasteiger partial charge is 0.454 e. The van der Waals surface area contributed by atoms with E-state index < -0.39 is 0 Å². The van der Waals surface area contributed by atoms with Crippen LogP contribution in [0.25, 0.3) is 26.3 Å². The van der Waals surface area contributed by atoms with Crippen molar-refractivity contribution < 1.29 is 9.47 Å². The lowest BCUT2D eigenvalue weighted by molar-refractivity contribution is 0.174. The Kier molecular flexibility index (Phi) is 5.19. The number of ether oxygens (including phenoxy) is 2. The summed E-state index contributed by atoms with van der Waals surface area (Å²) in [7, 11) is 0. The Bertz CT molecular complexity index is 1930. The van der Waals surface area contributed by atoms with Crippen LogP contribution in [0.5, 0.6) is 11.5 Å². The monoisotopic (exact) mass is 522 g/mol. The third-order valence-electron chi connectivity index (χ3n) is 6.89. The van der Waals surface area contributed by atoms with Gasteiger partial charge in [-0.3, -0.25) is 14.3 Å². The van der Waals surface area contributed by atoms with Gasteiger partial charge in [0.05, 0.1) is 34.2 Å². The van der Waals surface area contributed by atoms with Crippen LogP contribution in [0, 0.1) is 6.92 Å². The lowest BCUT2D eigenvalue weighted by Gasteiger charge is -2.13. The Balaban J connectivity index is 1.43. The second-order valence-corrected chi connectivity index (χ2v) is 10.2. The highest BCUT2D eigenvalue weighted by atomic mass is 32.1. The summed E-state index contributed by atoms with van der Waals surface area (Å²) in [4.78, 5) is 32.3. The molecular weight excluding hydrogens is 500 g/mol. The molecule has 0 bridgehead atoms. The molecule has 0 amide bonds. The van der Waals surface area contributed by atoms with E-state index in [2.05, 4.69) is 0 Å². The summed E-state index contributed by atoms with van der Waals surface area (Å²) in [5.74, 6) is 1.34. The van der Waals surface area contributed by atoms with E-state index in [-0.39, 0.29) is 17.9 Å². The lowest BCUT2D eigenvalue weighted by Crippen LogP contribution is -2.23. The van der Waals surface area contributed by atoms with Crippen molar-refractivity contribution in [2.75, 3.05) is 6.79 Å². The van der Waals surface area contributed by atoms with Crippen molar-refractivity contribution in [2.45, 2.75) is 20.0 Å². The van der Waals surface area contributed by atoms with Crippen molar-refractivity contribution in [1.82, 2.24) is 18.9 Å². The highest BCUT2D eigenvalue weighted by Crippen LogP contribution is 2.33. The second kappa shape index (κ2) is 8.74. The molecule has 0 unspecified atom stereocenters. The Morgan fingerprint density at radius 3 is 2.50 bits per heavy atom. The molecule has 7 rings (SSSR count). The smallest absolute Gasteiger partial charge is 0.283 e. The van der Waals surface area contributed by atoms with Gasteiger partial charge in [-0.1, -0.05) is 59.9 Å². The number of para-hydroxylation sites is 1. The van der Waals surface area contributed by atoms with Crippen molar-refractivity contribution in [3.05, 3.63) is 116 Å². The number of hydrogen-bond acceptors (Lipinski definition) is 6. The lowest BCUT2D eigenvalue weighted by atomic mass is 10.1. The molecule has 9 heteroatoms. The van der Waals surface area contributed by atoms with Crippen molar-refractivity contribution in [2.24, 2.45) is 0 Å². The molecule has 0 spiro atoms. The minimum atomic E-state index is -0.202. The molecule has 1 aliphatic rings. The number of aromatic nitrogens is 4. The maximum absolute atomic E-state index is 14.1. The highest BCUT2D eigenvalue weighted by Gasteiger charge is 2.22. The normalized spacial score (nSPS) is 12.6. The first kappa shape index (κ1) is 22.6. The summed E-state index contributed by atoms with van der Waals surface area (Å²) >= 11 is 1.45. The molecule has 0 saturated heterocycles. The van der Waals surface area contributed by atoms with Crippen LogP contribution in [-0.4, -0.2) is 25.7 Å². The van der Waals surface area contributed by atoms with Gasteiger partial charge in [0.2, 0.25) is 11.9 Å². The number of nitrogens with zero attached hydrogens (tertiary/aromatic N) is 4. The Hall–Kier alpha value is -4.63. The second-order valence-electron chi connectivity index (χ2n) is 9.23. The number of thiazole rings is 1. The van der Waals surface area contributed by atoms with E-state index in [9.17, 15) is 9.59 Å². The van der Waals surface area contributed by atoms with E-state index in [1.165, 1.54) is 11.3 Å². The Morgan fingerprint density at radius 2 is 1.66 bits per heavy atom. The zero-order valence-corrected chi connectivity index (χ0v) is 21.3. The maximum atomic E-state index is 14.1. The van der Waals surface area contributed by atoms with Gasteiger partial charge in [0.15, 0.2) is 11.5 Å². The van der Waals surface area contributed by atoms with E-state index in [4.69, 9.17) is 14.5 Å². The van der Waals surface area contributed by atoms with E-state index in [1.807, 2.05) is 84.4 Å². The maximum Gasteiger partial charge on any atom is 0.283 e. The van der Waals surface area contributed by atoms with E-state index >= 15 is 0 Å². The summed E-state index contributed by atoms with van der Waals surface area (Å²) in [6.45, 7) is 2.74. The standard InChI is InChI=1S/C29H22N4O4S/c1-18-27-22(14-26(34)31(18)15-20-11-12-23-24(13-20)37-17-36-23)32(16-19-7-3-2-4-8-19)33(28(27)35)29-30-21-9-5-6-10-25(21)38-29/h2-14H,15-17H2,1H3. The molecular formula is C29H22N4O4S. The van der Waals surface area contributed by atoms with Gasteiger partial charge in [0.25, 0.3) is 11.1 Å². The van der Waals surface area contributed by atoms with Crippen molar-refractivity contribution >= 4 is 32.5 Å². The quantitative estimate of drug-likeness (QED) is 0.328. The number of hydrogen-bond donors (Lipinski definition) is 0. The third-order valence-corrected chi connectivity index (χ3v) is 7.90. The molecule has 1 aliphatic heterocycles. The summed E-state index contributed by atoms with van der Waals surface area (Å²) in [6.07, 6.45) is 0. The van der Waals surface area contributed by atoms with Gasteiger partial charge in [-0.2, -0.15) is 4.68 Å². The summed E-state index contributed by atoms with van der Waals surface area (Å²) in [5.41, 5.74) is 3.53. The van der Waals surface area contributed by atoms with Crippen LogP contribution in [0.4, 0.5) is 0 Å². The van der Waals surface area contributed by atoms with Crippen LogP contribution in [0.15, 0.2) is 88.5 Å². The minimum Gasteiger partial charge on any atom is -0.454 e. The molecule has 188 valence electrons. The van der Waals surface area contributed by atoms with Crippen molar-refractivity contribution in [3.8, 4) is 16.6 Å². The molecule has 0 atom stereocenters. The van der Waals surface area contributed by atoms with Crippen LogP contribution in [-0.2, 0) is 13.1 Å². The van der Waals surface area contributed by atoms with Gasteiger partial charge < -0.3 is 14.0 Å². The Labute approximate surface area is 220 Å². The molecule has 8 nitrogen and oxygen atoms in total. The fourth-order valence-corrected chi connectivity index (χ4v) is 5.99. The molecule has 3 aromatic heterocycles. The number of rotatable bonds is 5. The van der Waals surface area contributed by atoms with Gasteiger partial charge in [0, 0.05) is 11.8 Å². The summed E-state index contributed by atoms with van der Waals surface area (Å²) in [5, 5.41) is 1.07. The topological polar surface area (TPSA) is 80.3 Å². The zero-order chi connectivity index (χ0) is 25.8. The van der Waals surface area contributed by atoms with Crippen LogP contribution in [0.3, 0.4) is 0 Å². The summed E-state index contributed by atoms with van der Waals surface area (Å²) in [6, 6.07) is 24.9. The number of aryl methyl sites for hydroxylation is 1. The molecule has 38 heavy (non-hydrogen) atoms. The first-order valence-corrected chi connectivity index (χ1v) is 13.0. The van der Waals surface area contributed by atoms with Crippen LogP contribution < -0.4 is 20.6 Å². The molecule has 6 aromatic rings. The Morgan fingerprint density at radius 1 is 0.868 bits per heavy atom. The van der Waals surface area contributed by atoms with Crippen molar-refractivity contribution in [3.63, 3.8) is 0 Å². The van der Waals surface area contributed by atoms with Crippen LogP contribution in [0.1, 0.15) is 16.8 Å². The average molecular weight is 523 g/mol. The van der Waals surface area contributed by atoms with Crippen LogP contribution in [0.2, 0.25) is 0 Å². The molecule has 0 saturated carbocycles.